The normalized spacial score (nSPS) is 16.9. The predicted octanol–water partition coefficient (Wildman–Crippen LogP) is 5.26. The number of nitrogens with zero attached hydrogens (tertiary/aromatic N) is 4. The number of benzene rings is 2. The summed E-state index contributed by atoms with van der Waals surface area (Å²) in [5, 5.41) is 21.3. The standard InChI is InChI=1S/C29H28F3N5O4S2/c30-22-13-18(6-7-25(22)43(33,40)41)12-21-24(14-17-4-5-17)37(28-34-23(16-42-28)27(38)39)35-26(21)19-2-1-3-20(15-19)36-10-8-29(31,32)9-11-36/h1-3,6-7,13,15-17H,4-5,8-12,14H2,(H,38,39)(H2,33,40,41). The molecule has 43 heavy (non-hydrogen) atoms. The third kappa shape index (κ3) is 6.31. The number of carbonyl (C=O) groups is 1. The lowest BCUT2D eigenvalue weighted by Crippen LogP contribution is -2.39. The third-order valence-corrected chi connectivity index (χ3v) is 9.58. The first-order valence-electron chi connectivity index (χ1n) is 13.7. The first kappa shape index (κ1) is 29.3. The number of halogens is 3. The van der Waals surface area contributed by atoms with Crippen molar-refractivity contribution in [3.63, 3.8) is 0 Å². The molecule has 0 atom stereocenters. The number of primary sulfonamides is 1. The van der Waals surface area contributed by atoms with Crippen LogP contribution in [0.5, 0.6) is 0 Å². The maximum Gasteiger partial charge on any atom is 0.355 e. The molecule has 0 radical (unpaired) electrons. The lowest BCUT2D eigenvalue weighted by Gasteiger charge is -2.33. The van der Waals surface area contributed by atoms with Gasteiger partial charge in [0.1, 0.15) is 10.7 Å². The van der Waals surface area contributed by atoms with Crippen LogP contribution in [0.25, 0.3) is 16.4 Å². The predicted molar refractivity (Wildman–Crippen MR) is 155 cm³/mol. The number of rotatable bonds is 9. The minimum Gasteiger partial charge on any atom is -0.476 e. The van der Waals surface area contributed by atoms with Crippen molar-refractivity contribution < 1.29 is 31.5 Å². The van der Waals surface area contributed by atoms with Crippen LogP contribution in [0, 0.1) is 11.7 Å². The summed E-state index contributed by atoms with van der Waals surface area (Å²) in [6.07, 6.45) is 2.38. The summed E-state index contributed by atoms with van der Waals surface area (Å²) in [6.45, 7) is 0.412. The van der Waals surface area contributed by atoms with Crippen molar-refractivity contribution in [2.24, 2.45) is 11.1 Å². The number of carboxylic acid groups (broad SMARTS) is 1. The molecule has 0 bridgehead atoms. The minimum absolute atomic E-state index is 0.111. The lowest BCUT2D eigenvalue weighted by atomic mass is 9.96. The summed E-state index contributed by atoms with van der Waals surface area (Å²) in [4.78, 5) is 17.2. The van der Waals surface area contributed by atoms with E-state index in [0.29, 0.717) is 34.3 Å². The van der Waals surface area contributed by atoms with Crippen LogP contribution < -0.4 is 10.0 Å². The number of hydrogen-bond acceptors (Lipinski definition) is 7. The van der Waals surface area contributed by atoms with Crippen molar-refractivity contribution in [1.29, 1.82) is 0 Å². The Labute approximate surface area is 249 Å². The van der Waals surface area contributed by atoms with Gasteiger partial charge in [-0.3, -0.25) is 0 Å². The number of sulfonamides is 1. The maximum atomic E-state index is 14.9. The van der Waals surface area contributed by atoms with Gasteiger partial charge in [-0.25, -0.2) is 41.2 Å². The zero-order chi connectivity index (χ0) is 30.5. The van der Waals surface area contributed by atoms with Crippen LogP contribution >= 0.6 is 11.3 Å². The number of nitrogens with two attached hydrogens (primary N) is 1. The van der Waals surface area contributed by atoms with E-state index < -0.39 is 32.6 Å². The highest BCUT2D eigenvalue weighted by Gasteiger charge is 2.34. The van der Waals surface area contributed by atoms with Gasteiger partial charge >= 0.3 is 5.97 Å². The van der Waals surface area contributed by atoms with Crippen molar-refractivity contribution >= 4 is 33.0 Å². The van der Waals surface area contributed by atoms with Crippen LogP contribution in [0.1, 0.15) is 53.0 Å². The smallest absolute Gasteiger partial charge is 0.355 e. The average molecular weight is 632 g/mol. The molecule has 0 unspecified atom stereocenters. The van der Waals surface area contributed by atoms with Crippen LogP contribution in [0.15, 0.2) is 52.7 Å². The Kier molecular flexibility index (Phi) is 7.55. The molecular weight excluding hydrogens is 603 g/mol. The number of aromatic nitrogens is 3. The monoisotopic (exact) mass is 631 g/mol. The number of thiazole rings is 1. The summed E-state index contributed by atoms with van der Waals surface area (Å²) in [6, 6.07) is 11.2. The van der Waals surface area contributed by atoms with Crippen LogP contribution in [-0.2, 0) is 22.9 Å². The van der Waals surface area contributed by atoms with Crippen LogP contribution in [0.4, 0.5) is 18.9 Å². The molecule has 1 saturated carbocycles. The number of anilines is 1. The zero-order valence-corrected chi connectivity index (χ0v) is 24.5. The van der Waals surface area contributed by atoms with E-state index in [9.17, 15) is 31.5 Å². The van der Waals surface area contributed by atoms with E-state index in [4.69, 9.17) is 10.2 Å². The average Bonchev–Trinajstić information content (AvgIpc) is 3.50. The molecule has 2 aromatic carbocycles. The van der Waals surface area contributed by atoms with Gasteiger partial charge < -0.3 is 10.0 Å². The van der Waals surface area contributed by atoms with E-state index in [-0.39, 0.29) is 38.0 Å². The molecule has 2 aliphatic rings. The minimum atomic E-state index is -4.25. The molecule has 226 valence electrons. The number of piperidine rings is 1. The Bertz CT molecular complexity index is 1810. The molecule has 2 fully saturated rings. The Hall–Kier alpha value is -3.75. The quantitative estimate of drug-likeness (QED) is 0.258. The lowest BCUT2D eigenvalue weighted by molar-refractivity contribution is -0.0220. The number of hydrogen-bond donors (Lipinski definition) is 2. The Morgan fingerprint density at radius 3 is 2.51 bits per heavy atom. The molecule has 14 heteroatoms. The van der Waals surface area contributed by atoms with Gasteiger partial charge in [0.25, 0.3) is 5.92 Å². The molecule has 1 aliphatic carbocycles. The van der Waals surface area contributed by atoms with Crippen molar-refractivity contribution in [2.75, 3.05) is 18.0 Å². The molecular formula is C29H28F3N5O4S2. The second kappa shape index (κ2) is 11.1. The van der Waals surface area contributed by atoms with Crippen LogP contribution in [-0.4, -0.2) is 53.3 Å². The van der Waals surface area contributed by atoms with Gasteiger partial charge in [-0.05, 0) is 55.0 Å². The van der Waals surface area contributed by atoms with Crippen molar-refractivity contribution in [3.8, 4) is 16.4 Å². The molecule has 2 aromatic heterocycles. The molecule has 0 spiro atoms. The van der Waals surface area contributed by atoms with Crippen LogP contribution in [0.2, 0.25) is 0 Å². The van der Waals surface area contributed by atoms with Gasteiger partial charge in [0, 0.05) is 54.5 Å². The summed E-state index contributed by atoms with van der Waals surface area (Å²) in [7, 11) is -4.25. The molecule has 6 rings (SSSR count). The Balaban J connectivity index is 1.47. The molecule has 0 amide bonds. The number of carboxylic acids is 1. The summed E-state index contributed by atoms with van der Waals surface area (Å²) in [5.41, 5.74) is 3.96. The molecule has 9 nitrogen and oxygen atoms in total. The van der Waals surface area contributed by atoms with Gasteiger partial charge in [-0.1, -0.05) is 18.2 Å². The molecule has 1 aliphatic heterocycles. The summed E-state index contributed by atoms with van der Waals surface area (Å²) in [5.74, 6) is -4.42. The Morgan fingerprint density at radius 2 is 1.88 bits per heavy atom. The van der Waals surface area contributed by atoms with Crippen LogP contribution in [0.3, 0.4) is 0 Å². The molecule has 3 N–H and O–H groups in total. The fourth-order valence-electron chi connectivity index (χ4n) is 5.36. The maximum absolute atomic E-state index is 14.9. The van der Waals surface area contributed by atoms with E-state index in [0.717, 1.165) is 53.3 Å². The van der Waals surface area contributed by atoms with Gasteiger partial charge in [-0.2, -0.15) is 5.10 Å². The zero-order valence-electron chi connectivity index (χ0n) is 22.8. The van der Waals surface area contributed by atoms with Gasteiger partial charge in [0.15, 0.2) is 5.69 Å². The van der Waals surface area contributed by atoms with Gasteiger partial charge in [0.2, 0.25) is 15.2 Å². The largest absolute Gasteiger partial charge is 0.476 e. The molecule has 3 heterocycles. The van der Waals surface area contributed by atoms with E-state index in [1.54, 1.807) is 4.68 Å². The SMILES string of the molecule is NS(=O)(=O)c1ccc(Cc2c(-c3cccc(N4CCC(F)(F)CC4)c3)nn(-c3nc(C(=O)O)cs3)c2CC2CC2)cc1F. The van der Waals surface area contributed by atoms with E-state index in [2.05, 4.69) is 4.98 Å². The number of aromatic carboxylic acids is 1. The third-order valence-electron chi connectivity index (χ3n) is 7.82. The van der Waals surface area contributed by atoms with Crippen molar-refractivity contribution in [2.45, 2.75) is 49.3 Å². The van der Waals surface area contributed by atoms with Crippen molar-refractivity contribution in [3.05, 3.63) is 76.2 Å². The molecule has 4 aromatic rings. The number of alkyl halides is 2. The van der Waals surface area contributed by atoms with Crippen molar-refractivity contribution in [1.82, 2.24) is 14.8 Å². The summed E-state index contributed by atoms with van der Waals surface area (Å²) >= 11 is 1.14. The topological polar surface area (TPSA) is 131 Å². The fourth-order valence-corrected chi connectivity index (χ4v) is 6.72. The van der Waals surface area contributed by atoms with Gasteiger partial charge in [-0.15, -0.1) is 11.3 Å². The molecule has 1 saturated heterocycles. The highest BCUT2D eigenvalue weighted by atomic mass is 32.2. The Morgan fingerprint density at radius 1 is 1.14 bits per heavy atom. The highest BCUT2D eigenvalue weighted by Crippen LogP contribution is 2.39. The van der Waals surface area contributed by atoms with E-state index in [1.807, 2.05) is 29.2 Å². The highest BCUT2D eigenvalue weighted by molar-refractivity contribution is 7.89. The summed E-state index contributed by atoms with van der Waals surface area (Å²) < 4.78 is 67.7. The fraction of sp³-hybridized carbons (Fsp3) is 0.345. The first-order valence-corrected chi connectivity index (χ1v) is 16.1. The van der Waals surface area contributed by atoms with E-state index >= 15 is 0 Å². The van der Waals surface area contributed by atoms with E-state index in [1.165, 1.54) is 11.4 Å². The second-order valence-electron chi connectivity index (χ2n) is 11.0. The first-order chi connectivity index (χ1) is 20.4. The van der Waals surface area contributed by atoms with Gasteiger partial charge in [0.05, 0.1) is 11.4 Å². The second-order valence-corrected chi connectivity index (χ2v) is 13.4.